The van der Waals surface area contributed by atoms with E-state index in [4.69, 9.17) is 10.3 Å². The molecule has 0 aromatic carbocycles. The molecule has 86 valence electrons. The van der Waals surface area contributed by atoms with Gasteiger partial charge in [-0.05, 0) is 20.0 Å². The zero-order valence-corrected chi connectivity index (χ0v) is 9.90. The van der Waals surface area contributed by atoms with E-state index < -0.39 is 0 Å². The van der Waals surface area contributed by atoms with E-state index in [0.29, 0.717) is 24.2 Å². The van der Waals surface area contributed by atoms with Crippen molar-refractivity contribution in [3.8, 4) is 0 Å². The molecule has 0 aliphatic rings. The van der Waals surface area contributed by atoms with Gasteiger partial charge in [-0.15, -0.1) is 0 Å². The van der Waals surface area contributed by atoms with Crippen LogP contribution in [0.1, 0.15) is 38.0 Å². The van der Waals surface area contributed by atoms with Crippen LogP contribution < -0.4 is 5.73 Å². The fraction of sp³-hybridized carbons (Fsp3) is 0.800. The SMILES string of the molecule is CCC(C)C(N)c1nc(CN(C)C)no1. The minimum atomic E-state index is -0.154. The van der Waals surface area contributed by atoms with E-state index in [0.717, 1.165) is 6.42 Å². The molecule has 0 aliphatic heterocycles. The standard InChI is InChI=1S/C10H20N4O/c1-5-7(2)9(11)10-12-8(13-15-10)6-14(3)4/h7,9H,5-6,11H2,1-4H3. The lowest BCUT2D eigenvalue weighted by molar-refractivity contribution is 0.306. The molecule has 0 amide bonds. The molecule has 1 aromatic rings. The first-order valence-electron chi connectivity index (χ1n) is 5.27. The maximum absolute atomic E-state index is 5.98. The van der Waals surface area contributed by atoms with Gasteiger partial charge < -0.3 is 15.2 Å². The second kappa shape index (κ2) is 5.23. The first kappa shape index (κ1) is 12.1. The summed E-state index contributed by atoms with van der Waals surface area (Å²) in [6, 6.07) is -0.154. The predicted octanol–water partition coefficient (Wildman–Crippen LogP) is 1.18. The van der Waals surface area contributed by atoms with E-state index in [-0.39, 0.29) is 6.04 Å². The van der Waals surface area contributed by atoms with Crippen molar-refractivity contribution in [2.75, 3.05) is 14.1 Å². The van der Waals surface area contributed by atoms with Crippen molar-refractivity contribution in [2.45, 2.75) is 32.9 Å². The number of nitrogens with two attached hydrogens (primary N) is 1. The molecule has 0 fully saturated rings. The topological polar surface area (TPSA) is 68.2 Å². The highest BCUT2D eigenvalue weighted by Crippen LogP contribution is 2.19. The van der Waals surface area contributed by atoms with Crippen LogP contribution in [0.2, 0.25) is 0 Å². The highest BCUT2D eigenvalue weighted by Gasteiger charge is 2.19. The Morgan fingerprint density at radius 2 is 2.13 bits per heavy atom. The second-order valence-corrected chi connectivity index (χ2v) is 4.20. The van der Waals surface area contributed by atoms with Crippen molar-refractivity contribution in [1.29, 1.82) is 0 Å². The highest BCUT2D eigenvalue weighted by molar-refractivity contribution is 4.93. The number of aromatic nitrogens is 2. The number of nitrogens with zero attached hydrogens (tertiary/aromatic N) is 3. The van der Waals surface area contributed by atoms with Gasteiger partial charge in [0.1, 0.15) is 0 Å². The molecule has 5 nitrogen and oxygen atoms in total. The molecular weight excluding hydrogens is 192 g/mol. The van der Waals surface area contributed by atoms with Crippen molar-refractivity contribution in [3.05, 3.63) is 11.7 Å². The Labute approximate surface area is 90.6 Å². The van der Waals surface area contributed by atoms with Gasteiger partial charge in [0.05, 0.1) is 12.6 Å². The number of rotatable bonds is 5. The molecule has 2 N–H and O–H groups in total. The highest BCUT2D eigenvalue weighted by atomic mass is 16.5. The van der Waals surface area contributed by atoms with Gasteiger partial charge in [-0.2, -0.15) is 4.98 Å². The molecule has 1 rings (SSSR count). The van der Waals surface area contributed by atoms with Gasteiger partial charge in [0, 0.05) is 0 Å². The molecule has 5 heteroatoms. The van der Waals surface area contributed by atoms with Crippen LogP contribution in [-0.4, -0.2) is 29.1 Å². The van der Waals surface area contributed by atoms with E-state index in [1.54, 1.807) is 0 Å². The van der Waals surface area contributed by atoms with E-state index in [9.17, 15) is 0 Å². The first-order valence-corrected chi connectivity index (χ1v) is 5.27. The van der Waals surface area contributed by atoms with Crippen molar-refractivity contribution in [1.82, 2.24) is 15.0 Å². The van der Waals surface area contributed by atoms with Crippen LogP contribution in [0.5, 0.6) is 0 Å². The summed E-state index contributed by atoms with van der Waals surface area (Å²) in [4.78, 5) is 6.26. The van der Waals surface area contributed by atoms with Gasteiger partial charge in [-0.1, -0.05) is 25.4 Å². The summed E-state index contributed by atoms with van der Waals surface area (Å²) < 4.78 is 5.14. The zero-order valence-electron chi connectivity index (χ0n) is 9.90. The van der Waals surface area contributed by atoms with E-state index in [1.165, 1.54) is 0 Å². The van der Waals surface area contributed by atoms with Gasteiger partial charge in [-0.25, -0.2) is 0 Å². The van der Waals surface area contributed by atoms with Gasteiger partial charge in [0.2, 0.25) is 5.89 Å². The molecule has 2 unspecified atom stereocenters. The Morgan fingerprint density at radius 1 is 1.47 bits per heavy atom. The lowest BCUT2D eigenvalue weighted by Gasteiger charge is -2.13. The number of hydrogen-bond donors (Lipinski definition) is 1. The lowest BCUT2D eigenvalue weighted by Crippen LogP contribution is -2.19. The summed E-state index contributed by atoms with van der Waals surface area (Å²) in [5.41, 5.74) is 5.98. The normalized spacial score (nSPS) is 15.6. The Hall–Kier alpha value is -0.940. The fourth-order valence-electron chi connectivity index (χ4n) is 1.25. The molecule has 0 bridgehead atoms. The summed E-state index contributed by atoms with van der Waals surface area (Å²) in [6.45, 7) is 4.86. The Bertz CT molecular complexity index is 297. The molecule has 1 heterocycles. The van der Waals surface area contributed by atoms with Crippen LogP contribution in [0, 0.1) is 5.92 Å². The molecule has 0 radical (unpaired) electrons. The molecular formula is C10H20N4O. The Kier molecular flexibility index (Phi) is 4.23. The van der Waals surface area contributed by atoms with Crippen LogP contribution in [-0.2, 0) is 6.54 Å². The average molecular weight is 212 g/mol. The van der Waals surface area contributed by atoms with E-state index >= 15 is 0 Å². The molecule has 1 aromatic heterocycles. The Balaban J connectivity index is 2.66. The average Bonchev–Trinajstić information content (AvgIpc) is 2.63. The van der Waals surface area contributed by atoms with Crippen molar-refractivity contribution in [3.63, 3.8) is 0 Å². The molecule has 15 heavy (non-hydrogen) atoms. The molecule has 0 saturated carbocycles. The molecule has 0 saturated heterocycles. The zero-order chi connectivity index (χ0) is 11.4. The minimum absolute atomic E-state index is 0.154. The third kappa shape index (κ3) is 3.28. The monoisotopic (exact) mass is 212 g/mol. The molecule has 0 spiro atoms. The lowest BCUT2D eigenvalue weighted by atomic mass is 10.0. The van der Waals surface area contributed by atoms with Crippen LogP contribution in [0.4, 0.5) is 0 Å². The smallest absolute Gasteiger partial charge is 0.243 e. The number of hydrogen-bond acceptors (Lipinski definition) is 5. The Morgan fingerprint density at radius 3 is 2.67 bits per heavy atom. The minimum Gasteiger partial charge on any atom is -0.338 e. The maximum Gasteiger partial charge on any atom is 0.243 e. The van der Waals surface area contributed by atoms with Crippen LogP contribution in [0.15, 0.2) is 4.52 Å². The van der Waals surface area contributed by atoms with Gasteiger partial charge in [0.25, 0.3) is 0 Å². The summed E-state index contributed by atoms with van der Waals surface area (Å²) in [5.74, 6) is 1.59. The second-order valence-electron chi connectivity index (χ2n) is 4.20. The van der Waals surface area contributed by atoms with E-state index in [1.807, 2.05) is 19.0 Å². The third-order valence-corrected chi connectivity index (χ3v) is 2.48. The summed E-state index contributed by atoms with van der Waals surface area (Å²) in [5, 5.41) is 3.89. The van der Waals surface area contributed by atoms with Gasteiger partial charge >= 0.3 is 0 Å². The van der Waals surface area contributed by atoms with Crippen molar-refractivity contribution in [2.24, 2.45) is 11.7 Å². The largest absolute Gasteiger partial charge is 0.338 e. The van der Waals surface area contributed by atoms with Crippen LogP contribution in [0.25, 0.3) is 0 Å². The van der Waals surface area contributed by atoms with Crippen molar-refractivity contribution >= 4 is 0 Å². The maximum atomic E-state index is 5.98. The van der Waals surface area contributed by atoms with E-state index in [2.05, 4.69) is 24.0 Å². The summed E-state index contributed by atoms with van der Waals surface area (Å²) in [7, 11) is 3.93. The quantitative estimate of drug-likeness (QED) is 0.793. The molecule has 0 aliphatic carbocycles. The predicted molar refractivity (Wildman–Crippen MR) is 58.1 cm³/mol. The third-order valence-electron chi connectivity index (χ3n) is 2.48. The fourth-order valence-corrected chi connectivity index (χ4v) is 1.25. The summed E-state index contributed by atoms with van der Waals surface area (Å²) in [6.07, 6.45) is 1.01. The van der Waals surface area contributed by atoms with Gasteiger partial charge in [0.15, 0.2) is 5.82 Å². The summed E-state index contributed by atoms with van der Waals surface area (Å²) >= 11 is 0. The van der Waals surface area contributed by atoms with Crippen molar-refractivity contribution < 1.29 is 4.52 Å². The van der Waals surface area contributed by atoms with Crippen LogP contribution in [0.3, 0.4) is 0 Å². The molecule has 2 atom stereocenters. The van der Waals surface area contributed by atoms with Gasteiger partial charge in [-0.3, -0.25) is 0 Å². The van der Waals surface area contributed by atoms with Crippen LogP contribution >= 0.6 is 0 Å². The first-order chi connectivity index (χ1) is 7.04.